The van der Waals surface area contributed by atoms with E-state index < -0.39 is 0 Å². The van der Waals surface area contributed by atoms with Crippen LogP contribution in [0.5, 0.6) is 11.5 Å². The fraction of sp³-hybridized carbons (Fsp3) is 0.429. The first-order chi connectivity index (χ1) is 9.71. The zero-order valence-electron chi connectivity index (χ0n) is 12.3. The molecule has 1 N–H and O–H groups in total. The summed E-state index contributed by atoms with van der Waals surface area (Å²) in [5, 5.41) is 7.39. The smallest absolute Gasteiger partial charge is 0.138 e. The number of aryl methyl sites for hydroxylation is 1. The highest BCUT2D eigenvalue weighted by Crippen LogP contribution is 2.35. The molecule has 0 saturated heterocycles. The molecule has 0 spiro atoms. The summed E-state index contributed by atoms with van der Waals surface area (Å²) in [5.41, 5.74) is 0.989. The van der Waals surface area contributed by atoms with Crippen molar-refractivity contribution in [3.05, 3.63) is 35.9 Å². The van der Waals surface area contributed by atoms with Gasteiger partial charge in [0.15, 0.2) is 0 Å². The van der Waals surface area contributed by atoms with Gasteiger partial charge in [0.25, 0.3) is 0 Å². The maximum Gasteiger partial charge on any atom is 0.138 e. The standard InChI is InChI=1S/C14H20N4O2/c1-15-10(8-13-16-9-17-18(13)2)14-11(19-3)6-5-7-12(14)20-4/h5-7,9-10,15H,8H2,1-4H3. The second-order valence-corrected chi connectivity index (χ2v) is 4.42. The van der Waals surface area contributed by atoms with E-state index >= 15 is 0 Å². The number of hydrogen-bond donors (Lipinski definition) is 1. The number of aromatic nitrogens is 3. The van der Waals surface area contributed by atoms with Gasteiger partial charge in [-0.05, 0) is 19.2 Å². The molecule has 0 aliphatic heterocycles. The summed E-state index contributed by atoms with van der Waals surface area (Å²) < 4.78 is 12.7. The summed E-state index contributed by atoms with van der Waals surface area (Å²) >= 11 is 0. The highest BCUT2D eigenvalue weighted by atomic mass is 16.5. The Morgan fingerprint density at radius 1 is 1.25 bits per heavy atom. The van der Waals surface area contributed by atoms with Crippen molar-refractivity contribution < 1.29 is 9.47 Å². The van der Waals surface area contributed by atoms with Gasteiger partial charge in [-0.15, -0.1) is 0 Å². The third-order valence-corrected chi connectivity index (χ3v) is 3.35. The molecule has 1 heterocycles. The summed E-state index contributed by atoms with van der Waals surface area (Å²) in [6.07, 6.45) is 2.26. The molecule has 0 fully saturated rings. The van der Waals surface area contributed by atoms with E-state index in [1.54, 1.807) is 25.2 Å². The lowest BCUT2D eigenvalue weighted by Crippen LogP contribution is -2.22. The number of methoxy groups -OCH3 is 2. The number of hydrogen-bond acceptors (Lipinski definition) is 5. The monoisotopic (exact) mass is 276 g/mol. The Hall–Kier alpha value is -2.08. The lowest BCUT2D eigenvalue weighted by atomic mass is 10.0. The Morgan fingerprint density at radius 3 is 2.35 bits per heavy atom. The molecule has 0 saturated carbocycles. The number of nitrogens with one attached hydrogen (secondary N) is 1. The number of benzene rings is 1. The first-order valence-electron chi connectivity index (χ1n) is 6.42. The number of nitrogens with zero attached hydrogens (tertiary/aromatic N) is 3. The van der Waals surface area contributed by atoms with Crippen molar-refractivity contribution in [2.24, 2.45) is 7.05 Å². The maximum absolute atomic E-state index is 5.46. The van der Waals surface area contributed by atoms with Crippen LogP contribution < -0.4 is 14.8 Å². The molecule has 0 bridgehead atoms. The molecule has 1 atom stereocenters. The SMILES string of the molecule is CNC(Cc1ncnn1C)c1c(OC)cccc1OC. The van der Waals surface area contributed by atoms with Gasteiger partial charge < -0.3 is 14.8 Å². The van der Waals surface area contributed by atoms with Gasteiger partial charge in [0.05, 0.1) is 19.8 Å². The summed E-state index contributed by atoms with van der Waals surface area (Å²) in [5.74, 6) is 2.49. The van der Waals surface area contributed by atoms with Gasteiger partial charge in [0.2, 0.25) is 0 Å². The molecule has 20 heavy (non-hydrogen) atoms. The summed E-state index contributed by atoms with van der Waals surface area (Å²) in [6.45, 7) is 0. The second kappa shape index (κ2) is 6.38. The molecule has 1 unspecified atom stereocenters. The average molecular weight is 276 g/mol. The molecular weight excluding hydrogens is 256 g/mol. The van der Waals surface area contributed by atoms with Crippen LogP contribution in [0.2, 0.25) is 0 Å². The van der Waals surface area contributed by atoms with Crippen LogP contribution in [0.3, 0.4) is 0 Å². The van der Waals surface area contributed by atoms with Crippen molar-refractivity contribution in [1.82, 2.24) is 20.1 Å². The normalized spacial score (nSPS) is 12.2. The zero-order chi connectivity index (χ0) is 14.5. The second-order valence-electron chi connectivity index (χ2n) is 4.42. The van der Waals surface area contributed by atoms with Crippen molar-refractivity contribution in [3.63, 3.8) is 0 Å². The molecular formula is C14H20N4O2. The van der Waals surface area contributed by atoms with E-state index in [2.05, 4.69) is 15.4 Å². The zero-order valence-corrected chi connectivity index (χ0v) is 12.3. The van der Waals surface area contributed by atoms with E-state index in [-0.39, 0.29) is 6.04 Å². The first kappa shape index (κ1) is 14.3. The van der Waals surface area contributed by atoms with Crippen LogP contribution in [0.1, 0.15) is 17.4 Å². The van der Waals surface area contributed by atoms with Crippen molar-refractivity contribution in [1.29, 1.82) is 0 Å². The predicted octanol–water partition coefficient (Wildman–Crippen LogP) is 1.34. The maximum atomic E-state index is 5.46. The minimum absolute atomic E-state index is 0.0315. The van der Waals surface area contributed by atoms with Crippen LogP contribution in [0, 0.1) is 0 Å². The summed E-state index contributed by atoms with van der Waals surface area (Å²) in [6, 6.07) is 5.80. The predicted molar refractivity (Wildman–Crippen MR) is 76.1 cm³/mol. The quantitative estimate of drug-likeness (QED) is 0.862. The van der Waals surface area contributed by atoms with E-state index in [4.69, 9.17) is 9.47 Å². The van der Waals surface area contributed by atoms with Crippen molar-refractivity contribution in [2.45, 2.75) is 12.5 Å². The fourth-order valence-electron chi connectivity index (χ4n) is 2.26. The highest BCUT2D eigenvalue weighted by Gasteiger charge is 2.21. The van der Waals surface area contributed by atoms with Gasteiger partial charge in [-0.3, -0.25) is 4.68 Å². The Bertz CT molecular complexity index is 546. The van der Waals surface area contributed by atoms with Gasteiger partial charge in [0, 0.05) is 19.5 Å². The molecule has 1 aromatic heterocycles. The Labute approximate surface area is 118 Å². The van der Waals surface area contributed by atoms with Crippen LogP contribution in [-0.2, 0) is 13.5 Å². The summed E-state index contributed by atoms with van der Waals surface area (Å²) in [7, 11) is 7.11. The average Bonchev–Trinajstić information content (AvgIpc) is 2.89. The molecule has 0 aliphatic rings. The molecule has 0 radical (unpaired) electrons. The van der Waals surface area contributed by atoms with Gasteiger partial charge >= 0.3 is 0 Å². The van der Waals surface area contributed by atoms with Crippen LogP contribution in [0.4, 0.5) is 0 Å². The fourth-order valence-corrected chi connectivity index (χ4v) is 2.26. The molecule has 108 valence electrons. The Balaban J connectivity index is 2.38. The van der Waals surface area contributed by atoms with Crippen LogP contribution >= 0.6 is 0 Å². The topological polar surface area (TPSA) is 61.2 Å². The van der Waals surface area contributed by atoms with Gasteiger partial charge in [-0.2, -0.15) is 5.10 Å². The first-order valence-corrected chi connectivity index (χ1v) is 6.42. The van der Waals surface area contributed by atoms with Crippen LogP contribution in [0.15, 0.2) is 24.5 Å². The van der Waals surface area contributed by atoms with Crippen molar-refractivity contribution in [2.75, 3.05) is 21.3 Å². The lowest BCUT2D eigenvalue weighted by molar-refractivity contribution is 0.371. The van der Waals surface area contributed by atoms with Crippen molar-refractivity contribution in [3.8, 4) is 11.5 Å². The third kappa shape index (κ3) is 2.75. The van der Waals surface area contributed by atoms with Crippen LogP contribution in [0.25, 0.3) is 0 Å². The molecule has 2 rings (SSSR count). The number of ether oxygens (including phenoxy) is 2. The van der Waals surface area contributed by atoms with Crippen molar-refractivity contribution >= 4 is 0 Å². The molecule has 1 aromatic carbocycles. The largest absolute Gasteiger partial charge is 0.496 e. The van der Waals surface area contributed by atoms with E-state index in [1.807, 2.05) is 32.3 Å². The number of likely N-dealkylation sites (N-methyl/N-ethyl adjacent to an activating group) is 1. The third-order valence-electron chi connectivity index (χ3n) is 3.35. The van der Waals surface area contributed by atoms with Gasteiger partial charge in [-0.1, -0.05) is 6.07 Å². The number of rotatable bonds is 6. The highest BCUT2D eigenvalue weighted by molar-refractivity contribution is 5.47. The molecule has 0 aliphatic carbocycles. The van der Waals surface area contributed by atoms with E-state index in [0.717, 1.165) is 22.9 Å². The van der Waals surface area contributed by atoms with E-state index in [9.17, 15) is 0 Å². The van der Waals surface area contributed by atoms with E-state index in [1.165, 1.54) is 0 Å². The molecule has 0 amide bonds. The Morgan fingerprint density at radius 2 is 1.90 bits per heavy atom. The lowest BCUT2D eigenvalue weighted by Gasteiger charge is -2.21. The van der Waals surface area contributed by atoms with Gasteiger partial charge in [-0.25, -0.2) is 4.98 Å². The molecule has 2 aromatic rings. The molecule has 6 nitrogen and oxygen atoms in total. The summed E-state index contributed by atoms with van der Waals surface area (Å²) in [4.78, 5) is 4.27. The Kier molecular flexibility index (Phi) is 4.57. The van der Waals surface area contributed by atoms with Crippen LogP contribution in [-0.4, -0.2) is 36.0 Å². The van der Waals surface area contributed by atoms with Gasteiger partial charge in [0.1, 0.15) is 23.7 Å². The minimum Gasteiger partial charge on any atom is -0.496 e. The van der Waals surface area contributed by atoms with E-state index in [0.29, 0.717) is 6.42 Å². The molecule has 6 heteroatoms. The minimum atomic E-state index is 0.0315.